The Balaban J connectivity index is 0.00000392. The van der Waals surface area contributed by atoms with Crippen LogP contribution in [0.25, 0.3) is 0 Å². The number of halogens is 2. The minimum Gasteiger partial charge on any atom is -0.504 e. The average molecular weight is 414 g/mol. The summed E-state index contributed by atoms with van der Waals surface area (Å²) in [5, 5.41) is 18.7. The van der Waals surface area contributed by atoms with Gasteiger partial charge in [0.05, 0.1) is 5.56 Å². The molecule has 0 radical (unpaired) electrons. The summed E-state index contributed by atoms with van der Waals surface area (Å²) in [6.07, 6.45) is -0.643. The second-order valence-electron chi connectivity index (χ2n) is 5.99. The third kappa shape index (κ3) is 6.71. The molecular weight excluding hydrogens is 393 g/mol. The van der Waals surface area contributed by atoms with E-state index in [9.17, 15) is 24.2 Å². The van der Waals surface area contributed by atoms with Gasteiger partial charge in [0, 0.05) is 0 Å². The predicted octanol–water partition coefficient (Wildman–Crippen LogP) is 2.32. The zero-order chi connectivity index (χ0) is 20.0. The van der Waals surface area contributed by atoms with E-state index in [-0.39, 0.29) is 42.5 Å². The Morgan fingerprint density at radius 1 is 1.11 bits per heavy atom. The van der Waals surface area contributed by atoms with Gasteiger partial charge in [-0.1, -0.05) is 6.07 Å². The summed E-state index contributed by atoms with van der Waals surface area (Å²) in [7, 11) is 0. The Morgan fingerprint density at radius 2 is 1.75 bits per heavy atom. The largest absolute Gasteiger partial charge is 0.504 e. The Labute approximate surface area is 167 Å². The lowest BCUT2D eigenvalue weighted by Crippen LogP contribution is -2.37. The zero-order valence-corrected chi connectivity index (χ0v) is 15.8. The van der Waals surface area contributed by atoms with Crippen LogP contribution in [0.2, 0.25) is 0 Å². The van der Waals surface area contributed by atoms with Crippen LogP contribution in [0.1, 0.15) is 22.8 Å². The van der Waals surface area contributed by atoms with Gasteiger partial charge in [0.25, 0.3) is 0 Å². The van der Waals surface area contributed by atoms with E-state index < -0.39 is 29.9 Å². The predicted molar refractivity (Wildman–Crippen MR) is 101 cm³/mol. The summed E-state index contributed by atoms with van der Waals surface area (Å²) in [6.45, 7) is 1.35. The molecule has 0 bridgehead atoms. The third-order valence-electron chi connectivity index (χ3n) is 3.64. The highest BCUT2D eigenvalue weighted by Gasteiger charge is 2.20. The molecular formula is C19H21ClFNO6. The summed E-state index contributed by atoms with van der Waals surface area (Å²) in [6, 6.07) is 7.98. The number of phenolic OH excluding ortho intramolecular Hbond substituents is 2. The number of ether oxygens (including phenoxy) is 2. The van der Waals surface area contributed by atoms with Crippen LogP contribution in [0.4, 0.5) is 4.39 Å². The van der Waals surface area contributed by atoms with Crippen LogP contribution in [-0.4, -0.2) is 40.9 Å². The van der Waals surface area contributed by atoms with Crippen molar-refractivity contribution in [3.63, 3.8) is 0 Å². The Kier molecular flexibility index (Phi) is 8.69. The topological polar surface area (TPSA) is 119 Å². The smallest absolute Gasteiger partial charge is 0.338 e. The quantitative estimate of drug-likeness (QED) is 0.470. The lowest BCUT2D eigenvalue weighted by molar-refractivity contribution is -0.151. The van der Waals surface area contributed by atoms with E-state index in [1.165, 1.54) is 37.3 Å². The summed E-state index contributed by atoms with van der Waals surface area (Å²) in [5.41, 5.74) is 6.51. The Morgan fingerprint density at radius 3 is 2.36 bits per heavy atom. The van der Waals surface area contributed by atoms with Crippen molar-refractivity contribution in [3.05, 3.63) is 59.4 Å². The van der Waals surface area contributed by atoms with Gasteiger partial charge in [-0.05, 0) is 55.3 Å². The molecule has 2 atom stereocenters. The molecule has 2 rings (SSSR count). The van der Waals surface area contributed by atoms with Gasteiger partial charge in [0.1, 0.15) is 24.6 Å². The van der Waals surface area contributed by atoms with Crippen molar-refractivity contribution in [2.75, 3.05) is 6.61 Å². The minimum absolute atomic E-state index is 0. The monoisotopic (exact) mass is 413 g/mol. The van der Waals surface area contributed by atoms with Crippen LogP contribution in [0.5, 0.6) is 11.5 Å². The molecule has 0 fully saturated rings. The van der Waals surface area contributed by atoms with Crippen LogP contribution in [0.15, 0.2) is 42.5 Å². The highest BCUT2D eigenvalue weighted by molar-refractivity contribution is 5.89. The number of rotatable bonds is 7. The first-order chi connectivity index (χ1) is 12.8. The molecule has 9 heteroatoms. The maximum atomic E-state index is 12.8. The first-order valence-electron chi connectivity index (χ1n) is 8.16. The average Bonchev–Trinajstić information content (AvgIpc) is 2.63. The summed E-state index contributed by atoms with van der Waals surface area (Å²) >= 11 is 0. The van der Waals surface area contributed by atoms with Gasteiger partial charge >= 0.3 is 11.9 Å². The van der Waals surface area contributed by atoms with Gasteiger partial charge in [0.2, 0.25) is 0 Å². The second kappa shape index (κ2) is 10.5. The molecule has 7 nitrogen and oxygen atoms in total. The lowest BCUT2D eigenvalue weighted by Gasteiger charge is -2.17. The summed E-state index contributed by atoms with van der Waals surface area (Å²) < 4.78 is 23.0. The van der Waals surface area contributed by atoms with Crippen molar-refractivity contribution < 1.29 is 33.7 Å². The van der Waals surface area contributed by atoms with Crippen LogP contribution < -0.4 is 5.73 Å². The second-order valence-corrected chi connectivity index (χ2v) is 5.99. The SMILES string of the molecule is C[C@H](COC(=O)c1ccc(F)cc1)OC(=O)[C@@H](N)Cc1ccc(O)c(O)c1.Cl. The first kappa shape index (κ1) is 23.2. The Hall–Kier alpha value is -2.84. The number of carbonyl (C=O) groups is 2. The molecule has 28 heavy (non-hydrogen) atoms. The van der Waals surface area contributed by atoms with Crippen molar-refractivity contribution in [1.29, 1.82) is 0 Å². The van der Waals surface area contributed by atoms with Crippen molar-refractivity contribution in [3.8, 4) is 11.5 Å². The van der Waals surface area contributed by atoms with Gasteiger partial charge < -0.3 is 25.4 Å². The number of esters is 2. The van der Waals surface area contributed by atoms with Gasteiger partial charge in [-0.2, -0.15) is 0 Å². The molecule has 0 spiro atoms. The van der Waals surface area contributed by atoms with E-state index in [1.54, 1.807) is 0 Å². The van der Waals surface area contributed by atoms with Crippen molar-refractivity contribution in [1.82, 2.24) is 0 Å². The highest BCUT2D eigenvalue weighted by atomic mass is 35.5. The Bertz CT molecular complexity index is 815. The molecule has 4 N–H and O–H groups in total. The highest BCUT2D eigenvalue weighted by Crippen LogP contribution is 2.25. The molecule has 0 heterocycles. The molecule has 0 aromatic heterocycles. The van der Waals surface area contributed by atoms with E-state index in [1.807, 2.05) is 0 Å². The van der Waals surface area contributed by atoms with Gasteiger partial charge in [-0.15, -0.1) is 12.4 Å². The first-order valence-corrected chi connectivity index (χ1v) is 8.16. The lowest BCUT2D eigenvalue weighted by atomic mass is 10.1. The summed E-state index contributed by atoms with van der Waals surface area (Å²) in [5.74, 6) is -2.42. The van der Waals surface area contributed by atoms with E-state index in [0.29, 0.717) is 5.56 Å². The van der Waals surface area contributed by atoms with Crippen molar-refractivity contribution in [2.24, 2.45) is 5.73 Å². The molecule has 0 aliphatic carbocycles. The fourth-order valence-electron chi connectivity index (χ4n) is 2.22. The van der Waals surface area contributed by atoms with Crippen LogP contribution in [-0.2, 0) is 20.7 Å². The number of hydrogen-bond donors (Lipinski definition) is 3. The van der Waals surface area contributed by atoms with Crippen LogP contribution >= 0.6 is 12.4 Å². The maximum Gasteiger partial charge on any atom is 0.338 e. The minimum atomic E-state index is -0.996. The molecule has 0 amide bonds. The molecule has 152 valence electrons. The van der Waals surface area contributed by atoms with E-state index in [0.717, 1.165) is 12.1 Å². The number of carbonyl (C=O) groups excluding carboxylic acids is 2. The fourth-order valence-corrected chi connectivity index (χ4v) is 2.22. The van der Waals surface area contributed by atoms with Gasteiger partial charge in [-0.3, -0.25) is 4.79 Å². The molecule has 2 aromatic carbocycles. The fraction of sp³-hybridized carbons (Fsp3) is 0.263. The van der Waals surface area contributed by atoms with Crippen LogP contribution in [0.3, 0.4) is 0 Å². The molecule has 0 saturated carbocycles. The van der Waals surface area contributed by atoms with E-state index >= 15 is 0 Å². The molecule has 0 saturated heterocycles. The van der Waals surface area contributed by atoms with Crippen LogP contribution in [0, 0.1) is 5.82 Å². The normalized spacial score (nSPS) is 12.4. The number of phenols is 2. The number of nitrogens with two attached hydrogens (primary N) is 1. The molecule has 0 aliphatic rings. The van der Waals surface area contributed by atoms with Gasteiger partial charge in [0.15, 0.2) is 11.5 Å². The van der Waals surface area contributed by atoms with Crippen molar-refractivity contribution in [2.45, 2.75) is 25.5 Å². The van der Waals surface area contributed by atoms with Crippen molar-refractivity contribution >= 4 is 24.3 Å². The molecule has 2 aromatic rings. The number of benzene rings is 2. The van der Waals surface area contributed by atoms with Gasteiger partial charge in [-0.25, -0.2) is 9.18 Å². The molecule has 0 aliphatic heterocycles. The van der Waals surface area contributed by atoms with E-state index in [4.69, 9.17) is 15.2 Å². The number of hydrogen-bond acceptors (Lipinski definition) is 7. The number of aromatic hydroxyl groups is 2. The summed E-state index contributed by atoms with van der Waals surface area (Å²) in [4.78, 5) is 23.8. The molecule has 0 unspecified atom stereocenters. The standard InChI is InChI=1S/C19H20FNO6.ClH/c1-11(10-26-18(24)13-3-5-14(20)6-4-13)27-19(25)15(21)8-12-2-7-16(22)17(23)9-12;/h2-7,9,11,15,22-23H,8,10,21H2,1H3;1H/t11-,15+;/m1./s1. The maximum absolute atomic E-state index is 12.8. The third-order valence-corrected chi connectivity index (χ3v) is 3.64. The zero-order valence-electron chi connectivity index (χ0n) is 15.0. The van der Waals surface area contributed by atoms with E-state index in [2.05, 4.69) is 0 Å².